The molecule has 2 nitrogen and oxygen atoms in total. The summed E-state index contributed by atoms with van der Waals surface area (Å²) >= 11 is 2.06. The maximum absolute atomic E-state index is 3.50. The predicted molar refractivity (Wildman–Crippen MR) is 70.7 cm³/mol. The van der Waals surface area contributed by atoms with E-state index in [-0.39, 0.29) is 0 Å². The van der Waals surface area contributed by atoms with Crippen molar-refractivity contribution >= 4 is 11.8 Å². The first-order chi connectivity index (χ1) is 7.36. The predicted octanol–water partition coefficient (Wildman–Crippen LogP) is 2.06. The zero-order valence-corrected chi connectivity index (χ0v) is 11.1. The fourth-order valence-electron chi connectivity index (χ4n) is 2.16. The van der Waals surface area contributed by atoms with Crippen LogP contribution in [0, 0.1) is 5.92 Å². The van der Waals surface area contributed by atoms with E-state index in [1.807, 2.05) is 0 Å². The van der Waals surface area contributed by atoms with Gasteiger partial charge in [-0.05, 0) is 44.1 Å². The first-order valence-electron chi connectivity index (χ1n) is 6.37. The highest BCUT2D eigenvalue weighted by atomic mass is 32.2. The molecule has 0 aliphatic carbocycles. The monoisotopic (exact) mass is 230 g/mol. The van der Waals surface area contributed by atoms with Gasteiger partial charge >= 0.3 is 0 Å². The zero-order valence-electron chi connectivity index (χ0n) is 10.3. The van der Waals surface area contributed by atoms with Crippen molar-refractivity contribution in [2.45, 2.75) is 26.7 Å². The lowest BCUT2D eigenvalue weighted by atomic mass is 9.99. The topological polar surface area (TPSA) is 15.3 Å². The fraction of sp³-hybridized carbons (Fsp3) is 1.00. The standard InChI is InChI=1S/C12H26N2S/c1-3-14(8-9-15-4-2)11-12-6-5-7-13-10-12/h12-13H,3-11H2,1-2H3. The number of nitrogens with zero attached hydrogens (tertiary/aromatic N) is 1. The van der Waals surface area contributed by atoms with Crippen molar-refractivity contribution in [2.24, 2.45) is 5.92 Å². The molecule has 0 aromatic carbocycles. The SMILES string of the molecule is CCSCCN(CC)CC1CCCNC1. The Balaban J connectivity index is 2.13. The van der Waals surface area contributed by atoms with Crippen LogP contribution in [0.15, 0.2) is 0 Å². The third kappa shape index (κ3) is 5.79. The minimum absolute atomic E-state index is 0.894. The van der Waals surface area contributed by atoms with Crippen LogP contribution in [0.2, 0.25) is 0 Å². The molecule has 1 rings (SSSR count). The molecule has 0 saturated carbocycles. The molecule has 1 N–H and O–H groups in total. The van der Waals surface area contributed by atoms with Crippen molar-refractivity contribution in [3.05, 3.63) is 0 Å². The molecule has 15 heavy (non-hydrogen) atoms. The van der Waals surface area contributed by atoms with E-state index in [0.29, 0.717) is 0 Å². The second-order valence-electron chi connectivity index (χ2n) is 4.30. The molecule has 1 unspecified atom stereocenters. The molecule has 0 aromatic rings. The minimum Gasteiger partial charge on any atom is -0.316 e. The van der Waals surface area contributed by atoms with Crippen molar-refractivity contribution in [3.8, 4) is 0 Å². The number of nitrogens with one attached hydrogen (secondary N) is 1. The van der Waals surface area contributed by atoms with E-state index in [1.165, 1.54) is 57.1 Å². The Bertz CT molecular complexity index is 147. The average molecular weight is 230 g/mol. The largest absolute Gasteiger partial charge is 0.316 e. The van der Waals surface area contributed by atoms with Gasteiger partial charge in [-0.15, -0.1) is 0 Å². The minimum atomic E-state index is 0.894. The Morgan fingerprint density at radius 3 is 2.87 bits per heavy atom. The van der Waals surface area contributed by atoms with Gasteiger partial charge in [-0.1, -0.05) is 13.8 Å². The summed E-state index contributed by atoms with van der Waals surface area (Å²) < 4.78 is 0. The van der Waals surface area contributed by atoms with Crippen LogP contribution in [-0.2, 0) is 0 Å². The first-order valence-corrected chi connectivity index (χ1v) is 7.53. The van der Waals surface area contributed by atoms with Crippen molar-refractivity contribution < 1.29 is 0 Å². The second-order valence-corrected chi connectivity index (χ2v) is 5.70. The third-order valence-corrected chi connectivity index (χ3v) is 4.00. The van der Waals surface area contributed by atoms with E-state index in [9.17, 15) is 0 Å². The van der Waals surface area contributed by atoms with Gasteiger partial charge in [0.1, 0.15) is 0 Å². The Kier molecular flexibility index (Phi) is 7.49. The summed E-state index contributed by atoms with van der Waals surface area (Å²) in [5, 5.41) is 3.50. The average Bonchev–Trinajstić information content (AvgIpc) is 2.29. The lowest BCUT2D eigenvalue weighted by Crippen LogP contribution is -2.39. The normalized spacial score (nSPS) is 22.2. The number of thioether (sulfide) groups is 1. The Morgan fingerprint density at radius 2 is 2.27 bits per heavy atom. The summed E-state index contributed by atoms with van der Waals surface area (Å²) in [7, 11) is 0. The molecule has 3 heteroatoms. The van der Waals surface area contributed by atoms with Crippen LogP contribution in [0.3, 0.4) is 0 Å². The maximum Gasteiger partial charge on any atom is 0.00723 e. The fourth-order valence-corrected chi connectivity index (χ4v) is 2.84. The molecule has 1 fully saturated rings. The number of hydrogen-bond acceptors (Lipinski definition) is 3. The van der Waals surface area contributed by atoms with Crippen LogP contribution in [0.25, 0.3) is 0 Å². The van der Waals surface area contributed by atoms with Crippen LogP contribution in [-0.4, -0.2) is 49.1 Å². The van der Waals surface area contributed by atoms with Crippen molar-refractivity contribution in [1.29, 1.82) is 0 Å². The highest BCUT2D eigenvalue weighted by Gasteiger charge is 2.15. The van der Waals surface area contributed by atoms with Gasteiger partial charge in [-0.25, -0.2) is 0 Å². The van der Waals surface area contributed by atoms with Crippen LogP contribution in [0.4, 0.5) is 0 Å². The molecule has 0 aromatic heterocycles. The van der Waals surface area contributed by atoms with Crippen LogP contribution >= 0.6 is 11.8 Å². The van der Waals surface area contributed by atoms with E-state index >= 15 is 0 Å². The van der Waals surface area contributed by atoms with Crippen LogP contribution < -0.4 is 5.32 Å². The molecule has 1 heterocycles. The van der Waals surface area contributed by atoms with E-state index in [4.69, 9.17) is 0 Å². The summed E-state index contributed by atoms with van der Waals surface area (Å²) in [6.45, 7) is 10.8. The molecule has 1 aliphatic rings. The molecule has 0 spiro atoms. The van der Waals surface area contributed by atoms with Gasteiger partial charge in [0.2, 0.25) is 0 Å². The molecular formula is C12H26N2S. The van der Waals surface area contributed by atoms with Gasteiger partial charge in [0.25, 0.3) is 0 Å². The Morgan fingerprint density at radius 1 is 1.40 bits per heavy atom. The summed E-state index contributed by atoms with van der Waals surface area (Å²) in [4.78, 5) is 2.61. The van der Waals surface area contributed by atoms with Gasteiger partial charge in [-0.2, -0.15) is 11.8 Å². The second kappa shape index (κ2) is 8.43. The van der Waals surface area contributed by atoms with Gasteiger partial charge in [0.15, 0.2) is 0 Å². The smallest absolute Gasteiger partial charge is 0.00723 e. The summed E-state index contributed by atoms with van der Waals surface area (Å²) in [6, 6.07) is 0. The summed E-state index contributed by atoms with van der Waals surface area (Å²) in [5.41, 5.74) is 0. The number of piperidine rings is 1. The van der Waals surface area contributed by atoms with E-state index < -0.39 is 0 Å². The molecule has 0 radical (unpaired) electrons. The van der Waals surface area contributed by atoms with Crippen molar-refractivity contribution in [2.75, 3.05) is 44.2 Å². The summed E-state index contributed by atoms with van der Waals surface area (Å²) in [5.74, 6) is 3.44. The molecule has 1 aliphatic heterocycles. The quantitative estimate of drug-likeness (QED) is 0.674. The van der Waals surface area contributed by atoms with Gasteiger partial charge in [0, 0.05) is 18.8 Å². The van der Waals surface area contributed by atoms with Gasteiger partial charge < -0.3 is 10.2 Å². The molecule has 1 atom stereocenters. The molecule has 0 amide bonds. The van der Waals surface area contributed by atoms with E-state index in [2.05, 4.69) is 35.8 Å². The Hall–Kier alpha value is 0.270. The lowest BCUT2D eigenvalue weighted by molar-refractivity contribution is 0.226. The van der Waals surface area contributed by atoms with E-state index in [0.717, 1.165) is 5.92 Å². The van der Waals surface area contributed by atoms with Crippen molar-refractivity contribution in [3.63, 3.8) is 0 Å². The molecular weight excluding hydrogens is 204 g/mol. The third-order valence-electron chi connectivity index (χ3n) is 3.12. The highest BCUT2D eigenvalue weighted by Crippen LogP contribution is 2.12. The Labute approximate surface area is 99.2 Å². The van der Waals surface area contributed by atoms with E-state index in [1.54, 1.807) is 0 Å². The highest BCUT2D eigenvalue weighted by molar-refractivity contribution is 7.99. The lowest BCUT2D eigenvalue weighted by Gasteiger charge is -2.29. The van der Waals surface area contributed by atoms with Gasteiger partial charge in [-0.3, -0.25) is 0 Å². The van der Waals surface area contributed by atoms with Crippen LogP contribution in [0.1, 0.15) is 26.7 Å². The summed E-state index contributed by atoms with van der Waals surface area (Å²) in [6.07, 6.45) is 2.79. The number of rotatable bonds is 7. The maximum atomic E-state index is 3.50. The molecule has 1 saturated heterocycles. The zero-order chi connectivity index (χ0) is 10.9. The number of hydrogen-bond donors (Lipinski definition) is 1. The van der Waals surface area contributed by atoms with Crippen molar-refractivity contribution in [1.82, 2.24) is 10.2 Å². The van der Waals surface area contributed by atoms with Crippen LogP contribution in [0.5, 0.6) is 0 Å². The first kappa shape index (κ1) is 13.3. The molecule has 0 bridgehead atoms. The molecule has 90 valence electrons. The van der Waals surface area contributed by atoms with Gasteiger partial charge in [0.05, 0.1) is 0 Å².